The van der Waals surface area contributed by atoms with Gasteiger partial charge in [-0.3, -0.25) is 5.41 Å². The molecule has 0 fully saturated rings. The molecule has 0 spiro atoms. The zero-order valence-corrected chi connectivity index (χ0v) is 14.9. The lowest BCUT2D eigenvalue weighted by Crippen LogP contribution is -2.37. The van der Waals surface area contributed by atoms with Gasteiger partial charge in [0, 0.05) is 23.5 Å². The fourth-order valence-electron chi connectivity index (χ4n) is 3.34. The first-order valence-electron chi connectivity index (χ1n) is 8.33. The van der Waals surface area contributed by atoms with Gasteiger partial charge < -0.3 is 11.5 Å². The van der Waals surface area contributed by atoms with E-state index in [0.717, 1.165) is 50.5 Å². The molecule has 6 N–H and O–H groups in total. The van der Waals surface area contributed by atoms with E-state index in [1.807, 2.05) is 36.4 Å². The number of hydrogen-bond acceptors (Lipinski definition) is 2. The maximum atomic E-state index is 5.96. The molecule has 0 atom stereocenters. The Morgan fingerprint density at radius 2 is 1.32 bits per heavy atom. The summed E-state index contributed by atoms with van der Waals surface area (Å²) in [6.07, 6.45) is 6.04. The average Bonchev–Trinajstić information content (AvgIpc) is 2.52. The SMILES string of the molecule is CC1=CC(=[NH2+])C=CC1=C(c1ccc(N)cc1C)c1ccc(N)cc1C. The summed E-state index contributed by atoms with van der Waals surface area (Å²) >= 11 is 0. The van der Waals surface area contributed by atoms with E-state index in [2.05, 4.69) is 39.0 Å². The van der Waals surface area contributed by atoms with Gasteiger partial charge in [-0.1, -0.05) is 12.1 Å². The second-order valence-electron chi connectivity index (χ2n) is 6.60. The molecule has 3 nitrogen and oxygen atoms in total. The van der Waals surface area contributed by atoms with Crippen molar-refractivity contribution in [1.29, 1.82) is 0 Å². The van der Waals surface area contributed by atoms with Gasteiger partial charge in [0.2, 0.25) is 0 Å². The largest absolute Gasteiger partial charge is 0.399 e. The van der Waals surface area contributed by atoms with Gasteiger partial charge >= 0.3 is 0 Å². The van der Waals surface area contributed by atoms with Crippen molar-refractivity contribution in [3.63, 3.8) is 0 Å². The molecule has 0 radical (unpaired) electrons. The highest BCUT2D eigenvalue weighted by Gasteiger charge is 2.18. The Labute approximate surface area is 148 Å². The van der Waals surface area contributed by atoms with Crippen molar-refractivity contribution in [3.8, 4) is 0 Å². The molecule has 0 bridgehead atoms. The van der Waals surface area contributed by atoms with Crippen LogP contribution in [0.4, 0.5) is 11.4 Å². The third-order valence-corrected chi connectivity index (χ3v) is 4.56. The van der Waals surface area contributed by atoms with E-state index in [1.165, 1.54) is 5.57 Å². The number of nitrogen functional groups attached to an aromatic ring is 2. The van der Waals surface area contributed by atoms with Gasteiger partial charge in [0.1, 0.15) is 0 Å². The molecule has 3 rings (SSSR count). The quantitative estimate of drug-likeness (QED) is 0.740. The third kappa shape index (κ3) is 3.26. The summed E-state index contributed by atoms with van der Waals surface area (Å²) in [6.45, 7) is 6.26. The zero-order valence-electron chi connectivity index (χ0n) is 14.9. The van der Waals surface area contributed by atoms with Crippen molar-refractivity contribution < 1.29 is 5.41 Å². The first-order valence-corrected chi connectivity index (χ1v) is 8.33. The Balaban J connectivity index is 2.35. The molecule has 0 amide bonds. The van der Waals surface area contributed by atoms with Crippen LogP contribution in [0.15, 0.2) is 65.8 Å². The molecule has 2 aromatic carbocycles. The summed E-state index contributed by atoms with van der Waals surface area (Å²) in [7, 11) is 0. The van der Waals surface area contributed by atoms with Crippen LogP contribution in [-0.4, -0.2) is 5.71 Å². The average molecular weight is 330 g/mol. The molecule has 3 heteroatoms. The van der Waals surface area contributed by atoms with E-state index in [-0.39, 0.29) is 0 Å². The van der Waals surface area contributed by atoms with Crippen molar-refractivity contribution in [2.45, 2.75) is 20.8 Å². The van der Waals surface area contributed by atoms with Crippen molar-refractivity contribution in [1.82, 2.24) is 0 Å². The summed E-state index contributed by atoms with van der Waals surface area (Å²) in [5.74, 6) is 0. The molecule has 0 saturated carbocycles. The van der Waals surface area contributed by atoms with Gasteiger partial charge in [-0.15, -0.1) is 0 Å². The molecule has 1 aliphatic rings. The number of benzene rings is 2. The van der Waals surface area contributed by atoms with E-state index in [9.17, 15) is 0 Å². The highest BCUT2D eigenvalue weighted by Crippen LogP contribution is 2.36. The van der Waals surface area contributed by atoms with E-state index >= 15 is 0 Å². The lowest BCUT2D eigenvalue weighted by Gasteiger charge is -2.20. The normalized spacial score (nSPS) is 13.8. The Bertz CT molecular complexity index is 906. The lowest BCUT2D eigenvalue weighted by atomic mass is 9.84. The van der Waals surface area contributed by atoms with E-state index in [0.29, 0.717) is 0 Å². The summed E-state index contributed by atoms with van der Waals surface area (Å²) in [6, 6.07) is 12.1. The summed E-state index contributed by atoms with van der Waals surface area (Å²) in [4.78, 5) is 0. The molecule has 0 saturated heterocycles. The van der Waals surface area contributed by atoms with Crippen LogP contribution in [0.3, 0.4) is 0 Å². The Kier molecular flexibility index (Phi) is 4.32. The molecule has 2 aromatic rings. The van der Waals surface area contributed by atoms with Crippen molar-refractivity contribution >= 4 is 22.7 Å². The second-order valence-corrected chi connectivity index (χ2v) is 6.60. The van der Waals surface area contributed by atoms with Crippen LogP contribution < -0.4 is 16.9 Å². The minimum absolute atomic E-state index is 0.767. The van der Waals surface area contributed by atoms with E-state index in [1.54, 1.807) is 0 Å². The lowest BCUT2D eigenvalue weighted by molar-refractivity contribution is -0.110. The van der Waals surface area contributed by atoms with Crippen LogP contribution in [0, 0.1) is 13.8 Å². The molecule has 126 valence electrons. The number of aryl methyl sites for hydroxylation is 2. The third-order valence-electron chi connectivity index (χ3n) is 4.56. The molecule has 1 aliphatic carbocycles. The molecule has 0 unspecified atom stereocenters. The van der Waals surface area contributed by atoms with Gasteiger partial charge in [-0.05, 0) is 90.1 Å². The number of rotatable bonds is 2. The first-order chi connectivity index (χ1) is 11.9. The smallest absolute Gasteiger partial charge is 0.196 e. The molecular formula is C22H24N3+. The Morgan fingerprint density at radius 3 is 1.76 bits per heavy atom. The van der Waals surface area contributed by atoms with Crippen molar-refractivity contribution in [2.24, 2.45) is 0 Å². The van der Waals surface area contributed by atoms with Gasteiger partial charge in [-0.2, -0.15) is 0 Å². The molecular weight excluding hydrogens is 306 g/mol. The first kappa shape index (κ1) is 16.8. The number of anilines is 2. The number of hydrogen-bond donors (Lipinski definition) is 3. The van der Waals surface area contributed by atoms with Crippen LogP contribution in [0.5, 0.6) is 0 Å². The number of allylic oxidation sites excluding steroid dienone is 5. The maximum Gasteiger partial charge on any atom is 0.196 e. The predicted molar refractivity (Wildman–Crippen MR) is 107 cm³/mol. The second kappa shape index (κ2) is 6.44. The predicted octanol–water partition coefficient (Wildman–Crippen LogP) is 2.99. The fraction of sp³-hybridized carbons (Fsp3) is 0.136. The van der Waals surface area contributed by atoms with E-state index in [4.69, 9.17) is 16.9 Å². The fourth-order valence-corrected chi connectivity index (χ4v) is 3.34. The standard InChI is InChI=1S/C22H23N3/c1-13-10-16(23)4-7-19(13)22(20-8-5-17(24)11-14(20)2)21-9-6-18(25)12-15(21)3/h4-12,23H,24-25H2,1-3H3/p+1. The van der Waals surface area contributed by atoms with Gasteiger partial charge in [-0.25, -0.2) is 0 Å². The van der Waals surface area contributed by atoms with Gasteiger partial charge in [0.15, 0.2) is 5.71 Å². The van der Waals surface area contributed by atoms with Gasteiger partial charge in [0.25, 0.3) is 0 Å². The minimum atomic E-state index is 0.767. The number of nitrogens with two attached hydrogens (primary N) is 3. The Morgan fingerprint density at radius 1 is 0.800 bits per heavy atom. The summed E-state index contributed by atoms with van der Waals surface area (Å²) in [5.41, 5.74) is 22.3. The molecule has 0 heterocycles. The molecule has 25 heavy (non-hydrogen) atoms. The summed E-state index contributed by atoms with van der Waals surface area (Å²) < 4.78 is 0. The van der Waals surface area contributed by atoms with Crippen molar-refractivity contribution in [3.05, 3.63) is 88.0 Å². The Hall–Kier alpha value is -3.07. The zero-order chi connectivity index (χ0) is 18.1. The summed E-state index contributed by atoms with van der Waals surface area (Å²) in [5, 5.41) is 5.96. The van der Waals surface area contributed by atoms with Crippen LogP contribution in [0.2, 0.25) is 0 Å². The highest BCUT2D eigenvalue weighted by atomic mass is 14.5. The molecule has 0 aliphatic heterocycles. The highest BCUT2D eigenvalue weighted by molar-refractivity contribution is 6.04. The van der Waals surface area contributed by atoms with Crippen LogP contribution >= 0.6 is 0 Å². The van der Waals surface area contributed by atoms with Crippen molar-refractivity contribution in [2.75, 3.05) is 11.5 Å². The maximum absolute atomic E-state index is 5.96. The molecule has 0 aromatic heterocycles. The van der Waals surface area contributed by atoms with Gasteiger partial charge in [0.05, 0.1) is 0 Å². The van der Waals surface area contributed by atoms with Crippen LogP contribution in [0.25, 0.3) is 5.57 Å². The van der Waals surface area contributed by atoms with E-state index < -0.39 is 0 Å². The monoisotopic (exact) mass is 330 g/mol. The van der Waals surface area contributed by atoms with Crippen LogP contribution in [0.1, 0.15) is 29.2 Å². The minimum Gasteiger partial charge on any atom is -0.399 e. The van der Waals surface area contributed by atoms with Crippen LogP contribution in [-0.2, 0) is 0 Å². The topological polar surface area (TPSA) is 77.6 Å².